The Morgan fingerprint density at radius 1 is 1.60 bits per heavy atom. The predicted octanol–water partition coefficient (Wildman–Crippen LogP) is 0.968. The molecule has 3 nitrogen and oxygen atoms in total. The summed E-state index contributed by atoms with van der Waals surface area (Å²) in [7, 11) is 0. The van der Waals surface area contributed by atoms with E-state index in [0.717, 1.165) is 11.5 Å². The van der Waals surface area contributed by atoms with Gasteiger partial charge in [-0.3, -0.25) is 4.79 Å². The van der Waals surface area contributed by atoms with Crippen LogP contribution in [-0.2, 0) is 4.79 Å². The number of halogens is 1. The summed E-state index contributed by atoms with van der Waals surface area (Å²) < 4.78 is 0. The second kappa shape index (κ2) is 8.56. The molecule has 2 atom stereocenters. The third-order valence-electron chi connectivity index (χ3n) is 2.14. The lowest BCUT2D eigenvalue weighted by molar-refractivity contribution is -0.120. The number of nitrogens with two attached hydrogens (primary N) is 1. The first-order valence-corrected chi connectivity index (χ1v) is 7.11. The van der Waals surface area contributed by atoms with Crippen molar-refractivity contribution in [3.8, 4) is 0 Å². The van der Waals surface area contributed by atoms with E-state index in [9.17, 15) is 4.79 Å². The molecule has 0 aromatic rings. The molecule has 0 saturated carbocycles. The van der Waals surface area contributed by atoms with Crippen LogP contribution in [0.5, 0.6) is 0 Å². The van der Waals surface area contributed by atoms with Crippen LogP contribution in [0.3, 0.4) is 0 Å². The van der Waals surface area contributed by atoms with Crippen LogP contribution in [0, 0.1) is 5.92 Å². The molecule has 3 N–H and O–H groups in total. The van der Waals surface area contributed by atoms with Crippen LogP contribution in [0.15, 0.2) is 0 Å². The van der Waals surface area contributed by atoms with Gasteiger partial charge >= 0.3 is 0 Å². The Kier molecular flexibility index (Phi) is 8.80. The van der Waals surface area contributed by atoms with E-state index < -0.39 is 0 Å². The van der Waals surface area contributed by atoms with Crippen molar-refractivity contribution in [1.82, 2.24) is 5.32 Å². The van der Waals surface area contributed by atoms with Crippen molar-refractivity contribution in [2.75, 3.05) is 30.3 Å². The molecule has 0 aromatic carbocycles. The van der Waals surface area contributed by atoms with Crippen molar-refractivity contribution in [3.05, 3.63) is 0 Å². The molecular weight excluding hydrogens is 252 g/mol. The first kappa shape index (κ1) is 15.4. The lowest BCUT2D eigenvalue weighted by Crippen LogP contribution is -2.39. The molecule has 0 aliphatic carbocycles. The Morgan fingerprint density at radius 2 is 2.33 bits per heavy atom. The SMILES string of the molecule is CC(CN)CNC(=O)C1CSCCS1.Cl. The fraction of sp³-hybridized carbons (Fsp3) is 0.889. The van der Waals surface area contributed by atoms with Gasteiger partial charge in [0.1, 0.15) is 0 Å². The van der Waals surface area contributed by atoms with Gasteiger partial charge in [0.15, 0.2) is 0 Å². The highest BCUT2D eigenvalue weighted by atomic mass is 35.5. The van der Waals surface area contributed by atoms with Crippen LogP contribution < -0.4 is 11.1 Å². The monoisotopic (exact) mass is 270 g/mol. The van der Waals surface area contributed by atoms with Gasteiger partial charge in [-0.15, -0.1) is 24.2 Å². The average Bonchev–Trinajstić information content (AvgIpc) is 2.26. The lowest BCUT2D eigenvalue weighted by Gasteiger charge is -2.21. The maximum Gasteiger partial charge on any atom is 0.233 e. The van der Waals surface area contributed by atoms with Gasteiger partial charge in [-0.05, 0) is 12.5 Å². The Hall–Kier alpha value is 0.420. The maximum absolute atomic E-state index is 11.6. The maximum atomic E-state index is 11.6. The number of hydrogen-bond donors (Lipinski definition) is 2. The smallest absolute Gasteiger partial charge is 0.233 e. The van der Waals surface area contributed by atoms with Gasteiger partial charge in [-0.2, -0.15) is 11.8 Å². The summed E-state index contributed by atoms with van der Waals surface area (Å²) in [5.74, 6) is 3.78. The molecule has 1 aliphatic rings. The molecule has 15 heavy (non-hydrogen) atoms. The number of carbonyl (C=O) groups is 1. The van der Waals surface area contributed by atoms with Crippen molar-refractivity contribution in [2.45, 2.75) is 12.2 Å². The minimum Gasteiger partial charge on any atom is -0.355 e. The van der Waals surface area contributed by atoms with E-state index in [0.29, 0.717) is 19.0 Å². The molecule has 6 heteroatoms. The lowest BCUT2D eigenvalue weighted by atomic mass is 10.2. The van der Waals surface area contributed by atoms with Gasteiger partial charge in [0.25, 0.3) is 0 Å². The van der Waals surface area contributed by atoms with E-state index in [1.807, 2.05) is 18.7 Å². The van der Waals surface area contributed by atoms with E-state index in [1.54, 1.807) is 11.8 Å². The molecule has 90 valence electrons. The van der Waals surface area contributed by atoms with Crippen molar-refractivity contribution in [2.24, 2.45) is 11.7 Å². The van der Waals surface area contributed by atoms with Crippen molar-refractivity contribution < 1.29 is 4.79 Å². The zero-order chi connectivity index (χ0) is 10.4. The third-order valence-corrected chi connectivity index (χ3v) is 4.89. The van der Waals surface area contributed by atoms with Gasteiger partial charge in [0.2, 0.25) is 5.91 Å². The summed E-state index contributed by atoms with van der Waals surface area (Å²) in [5, 5.41) is 3.10. The summed E-state index contributed by atoms with van der Waals surface area (Å²) in [6.45, 7) is 3.38. The highest BCUT2D eigenvalue weighted by molar-refractivity contribution is 8.07. The molecule has 1 rings (SSSR count). The van der Waals surface area contributed by atoms with E-state index >= 15 is 0 Å². The molecule has 0 bridgehead atoms. The number of carbonyl (C=O) groups excluding carboxylic acids is 1. The number of nitrogens with one attached hydrogen (secondary N) is 1. The normalized spacial score (nSPS) is 22.7. The molecule has 1 fully saturated rings. The average molecular weight is 271 g/mol. The molecule has 2 unspecified atom stereocenters. The molecule has 0 aromatic heterocycles. The molecular formula is C9H19ClN2OS2. The van der Waals surface area contributed by atoms with Gasteiger partial charge in [0, 0.05) is 23.8 Å². The minimum atomic E-state index is 0. The second-order valence-electron chi connectivity index (χ2n) is 3.52. The highest BCUT2D eigenvalue weighted by Crippen LogP contribution is 2.23. The largest absolute Gasteiger partial charge is 0.355 e. The van der Waals surface area contributed by atoms with Crippen LogP contribution in [0.1, 0.15) is 6.92 Å². The summed E-state index contributed by atoms with van der Waals surface area (Å²) in [4.78, 5) is 11.6. The Bertz CT molecular complexity index is 189. The van der Waals surface area contributed by atoms with Crippen molar-refractivity contribution in [1.29, 1.82) is 0 Å². The molecule has 0 spiro atoms. The van der Waals surface area contributed by atoms with Crippen LogP contribution in [-0.4, -0.2) is 41.5 Å². The van der Waals surface area contributed by atoms with Crippen molar-refractivity contribution in [3.63, 3.8) is 0 Å². The Balaban J connectivity index is 0.00000196. The number of hydrogen-bond acceptors (Lipinski definition) is 4. The quantitative estimate of drug-likeness (QED) is 0.799. The van der Waals surface area contributed by atoms with E-state index in [2.05, 4.69) is 5.32 Å². The third kappa shape index (κ3) is 5.90. The summed E-state index contributed by atoms with van der Waals surface area (Å²) >= 11 is 3.63. The first-order chi connectivity index (χ1) is 6.74. The Morgan fingerprint density at radius 3 is 2.87 bits per heavy atom. The van der Waals surface area contributed by atoms with Crippen LogP contribution >= 0.6 is 35.9 Å². The fourth-order valence-corrected chi connectivity index (χ4v) is 3.69. The van der Waals surface area contributed by atoms with Gasteiger partial charge in [-0.1, -0.05) is 6.92 Å². The molecule has 0 radical (unpaired) electrons. The predicted molar refractivity (Wildman–Crippen MR) is 72.0 cm³/mol. The zero-order valence-corrected chi connectivity index (χ0v) is 11.4. The van der Waals surface area contributed by atoms with Crippen LogP contribution in [0.4, 0.5) is 0 Å². The number of rotatable bonds is 4. The standard InChI is InChI=1S/C9H18N2OS2.ClH/c1-7(4-10)5-11-9(12)8-6-13-2-3-14-8;/h7-8H,2-6,10H2,1H3,(H,11,12);1H. The van der Waals surface area contributed by atoms with E-state index in [4.69, 9.17) is 5.73 Å². The fourth-order valence-electron chi connectivity index (χ4n) is 1.11. The first-order valence-electron chi connectivity index (χ1n) is 4.91. The molecule has 1 aliphatic heterocycles. The van der Waals surface area contributed by atoms with Gasteiger partial charge in [-0.25, -0.2) is 0 Å². The summed E-state index contributed by atoms with van der Waals surface area (Å²) in [6, 6.07) is 0. The van der Waals surface area contributed by atoms with E-state index in [-0.39, 0.29) is 23.6 Å². The second-order valence-corrected chi connectivity index (χ2v) is 5.98. The summed E-state index contributed by atoms with van der Waals surface area (Å²) in [6.07, 6.45) is 0. The Labute approximate surface area is 106 Å². The molecule has 1 saturated heterocycles. The topological polar surface area (TPSA) is 55.1 Å². The van der Waals surface area contributed by atoms with Crippen LogP contribution in [0.2, 0.25) is 0 Å². The highest BCUT2D eigenvalue weighted by Gasteiger charge is 2.21. The van der Waals surface area contributed by atoms with Crippen LogP contribution in [0.25, 0.3) is 0 Å². The molecule has 1 heterocycles. The van der Waals surface area contributed by atoms with Gasteiger partial charge in [0.05, 0.1) is 5.25 Å². The minimum absolute atomic E-state index is 0. The zero-order valence-electron chi connectivity index (χ0n) is 8.90. The number of thioether (sulfide) groups is 2. The van der Waals surface area contributed by atoms with Crippen molar-refractivity contribution >= 4 is 41.8 Å². The summed E-state index contributed by atoms with van der Waals surface area (Å²) in [5.41, 5.74) is 5.48. The van der Waals surface area contributed by atoms with Gasteiger partial charge < -0.3 is 11.1 Å². The number of amides is 1. The molecule has 1 amide bonds. The van der Waals surface area contributed by atoms with E-state index in [1.165, 1.54) is 5.75 Å².